The van der Waals surface area contributed by atoms with Crippen LogP contribution in [0.2, 0.25) is 0 Å². The van der Waals surface area contributed by atoms with E-state index in [0.29, 0.717) is 5.56 Å². The Labute approximate surface area is 189 Å². The van der Waals surface area contributed by atoms with Gasteiger partial charge in [0.05, 0.1) is 7.11 Å². The Hall–Kier alpha value is -3.67. The van der Waals surface area contributed by atoms with Gasteiger partial charge in [0.1, 0.15) is 12.7 Å². The minimum atomic E-state index is -1.57. The van der Waals surface area contributed by atoms with E-state index in [1.807, 2.05) is 0 Å². The van der Waals surface area contributed by atoms with Crippen LogP contribution in [0.1, 0.15) is 26.3 Å². The molecule has 33 heavy (non-hydrogen) atoms. The molecule has 1 aromatic rings. The van der Waals surface area contributed by atoms with E-state index in [9.17, 15) is 24.0 Å². The van der Waals surface area contributed by atoms with E-state index in [1.165, 1.54) is 0 Å². The minimum Gasteiger partial charge on any atom is -0.467 e. The van der Waals surface area contributed by atoms with Crippen molar-refractivity contribution in [1.82, 2.24) is 5.32 Å². The lowest BCUT2D eigenvalue weighted by Crippen LogP contribution is -2.54. The molecule has 1 amide bonds. The molecular weight excluding hydrogens is 442 g/mol. The standard InChI is InChI=1S/C21H25NO11/c1-11(23)30-17-16(33-20(32-13(3)25)18(17)31-12(2)24)15(19(26)28-4)22-21(27)29-10-14-8-6-5-7-9-14/h5-9,15-18,20H,10H2,1-4H3,(H,22,27)/t15-,16+,17+,18+,20?/m0/s1. The topological polar surface area (TPSA) is 153 Å². The number of methoxy groups -OCH3 is 1. The largest absolute Gasteiger partial charge is 0.467 e. The molecule has 1 aliphatic rings. The highest BCUT2D eigenvalue weighted by Crippen LogP contribution is 2.30. The van der Waals surface area contributed by atoms with Crippen molar-refractivity contribution >= 4 is 30.0 Å². The molecule has 0 aliphatic carbocycles. The number of carbonyl (C=O) groups excluding carboxylic acids is 5. The molecule has 2 rings (SSSR count). The third-order valence-corrected chi connectivity index (χ3v) is 4.36. The van der Waals surface area contributed by atoms with Crippen molar-refractivity contribution in [3.05, 3.63) is 35.9 Å². The van der Waals surface area contributed by atoms with Gasteiger partial charge in [0.15, 0.2) is 12.1 Å². The zero-order chi connectivity index (χ0) is 24.5. The van der Waals surface area contributed by atoms with Crippen molar-refractivity contribution in [3.8, 4) is 0 Å². The molecule has 0 bridgehead atoms. The van der Waals surface area contributed by atoms with Crippen LogP contribution < -0.4 is 5.32 Å². The van der Waals surface area contributed by atoms with E-state index in [0.717, 1.165) is 27.9 Å². The second-order valence-electron chi connectivity index (χ2n) is 6.93. The summed E-state index contributed by atoms with van der Waals surface area (Å²) in [6, 6.07) is 7.21. The lowest BCUT2D eigenvalue weighted by Gasteiger charge is -2.26. The van der Waals surface area contributed by atoms with Gasteiger partial charge in [-0.15, -0.1) is 0 Å². The Morgan fingerprint density at radius 3 is 2.03 bits per heavy atom. The molecule has 12 heteroatoms. The number of esters is 4. The molecule has 12 nitrogen and oxygen atoms in total. The number of benzene rings is 1. The maximum atomic E-state index is 12.5. The lowest BCUT2D eigenvalue weighted by molar-refractivity contribution is -0.196. The second kappa shape index (κ2) is 11.8. The summed E-state index contributed by atoms with van der Waals surface area (Å²) in [5, 5.41) is 2.30. The van der Waals surface area contributed by atoms with Crippen LogP contribution in [0.5, 0.6) is 0 Å². The number of rotatable bonds is 8. The van der Waals surface area contributed by atoms with Gasteiger partial charge in [-0.2, -0.15) is 0 Å². The molecule has 1 aromatic carbocycles. The number of hydrogen-bond acceptors (Lipinski definition) is 11. The summed E-state index contributed by atoms with van der Waals surface area (Å²) < 4.78 is 30.8. The Morgan fingerprint density at radius 1 is 0.909 bits per heavy atom. The van der Waals surface area contributed by atoms with Gasteiger partial charge in [-0.05, 0) is 5.56 Å². The first-order valence-electron chi connectivity index (χ1n) is 9.84. The molecule has 0 radical (unpaired) electrons. The Bertz CT molecular complexity index is 872. The molecule has 180 valence electrons. The fourth-order valence-electron chi connectivity index (χ4n) is 3.11. The average molecular weight is 467 g/mol. The summed E-state index contributed by atoms with van der Waals surface area (Å²) in [7, 11) is 1.06. The number of hydrogen-bond donors (Lipinski definition) is 1. The van der Waals surface area contributed by atoms with Gasteiger partial charge in [0.25, 0.3) is 0 Å². The van der Waals surface area contributed by atoms with Crippen LogP contribution in [0.3, 0.4) is 0 Å². The maximum Gasteiger partial charge on any atom is 0.408 e. The van der Waals surface area contributed by atoms with Crippen molar-refractivity contribution in [2.24, 2.45) is 0 Å². The highest BCUT2D eigenvalue weighted by Gasteiger charge is 2.56. The number of nitrogens with one attached hydrogen (secondary N) is 1. The third kappa shape index (κ3) is 7.45. The molecule has 1 fully saturated rings. The monoisotopic (exact) mass is 467 g/mol. The van der Waals surface area contributed by atoms with Crippen molar-refractivity contribution in [1.29, 1.82) is 0 Å². The molecular formula is C21H25NO11. The van der Waals surface area contributed by atoms with Crippen LogP contribution in [0.4, 0.5) is 4.79 Å². The van der Waals surface area contributed by atoms with E-state index in [4.69, 9.17) is 28.4 Å². The third-order valence-electron chi connectivity index (χ3n) is 4.36. The van der Waals surface area contributed by atoms with E-state index >= 15 is 0 Å². The van der Waals surface area contributed by atoms with Crippen LogP contribution in [-0.2, 0) is 54.2 Å². The van der Waals surface area contributed by atoms with Crippen LogP contribution in [0, 0.1) is 0 Å². The fraction of sp³-hybridized carbons (Fsp3) is 0.476. The summed E-state index contributed by atoms with van der Waals surface area (Å²) in [5.74, 6) is -3.35. The quantitative estimate of drug-likeness (QED) is 0.422. The smallest absolute Gasteiger partial charge is 0.408 e. The predicted molar refractivity (Wildman–Crippen MR) is 107 cm³/mol. The maximum absolute atomic E-state index is 12.5. The summed E-state index contributed by atoms with van der Waals surface area (Å²) in [6.07, 6.45) is -6.79. The minimum absolute atomic E-state index is 0.0917. The Kier molecular flexibility index (Phi) is 9.16. The number of ether oxygens (including phenoxy) is 6. The van der Waals surface area contributed by atoms with Gasteiger partial charge < -0.3 is 33.7 Å². The van der Waals surface area contributed by atoms with Gasteiger partial charge >= 0.3 is 30.0 Å². The predicted octanol–water partition coefficient (Wildman–Crippen LogP) is 0.606. The summed E-state index contributed by atoms with van der Waals surface area (Å²) >= 11 is 0. The highest BCUT2D eigenvalue weighted by molar-refractivity contribution is 5.82. The van der Waals surface area contributed by atoms with Gasteiger partial charge in [0, 0.05) is 20.8 Å². The molecule has 0 saturated carbocycles. The number of alkyl carbamates (subject to hydrolysis) is 1. The zero-order valence-corrected chi connectivity index (χ0v) is 18.5. The first kappa shape index (κ1) is 25.6. The molecule has 1 saturated heterocycles. The Morgan fingerprint density at radius 2 is 1.48 bits per heavy atom. The summed E-state index contributed by atoms with van der Waals surface area (Å²) in [6.45, 7) is 3.15. The molecule has 1 N–H and O–H groups in total. The first-order valence-corrected chi connectivity index (χ1v) is 9.84. The average Bonchev–Trinajstić information content (AvgIpc) is 3.05. The molecule has 1 heterocycles. The van der Waals surface area contributed by atoms with Crippen molar-refractivity contribution in [2.45, 2.75) is 58.0 Å². The van der Waals surface area contributed by atoms with E-state index < -0.39 is 60.6 Å². The number of amides is 1. The molecule has 5 atom stereocenters. The van der Waals surface area contributed by atoms with E-state index in [2.05, 4.69) is 5.32 Å². The van der Waals surface area contributed by atoms with Gasteiger partial charge in [-0.1, -0.05) is 30.3 Å². The molecule has 0 spiro atoms. The van der Waals surface area contributed by atoms with Gasteiger partial charge in [-0.25, -0.2) is 9.59 Å². The molecule has 1 aliphatic heterocycles. The van der Waals surface area contributed by atoms with E-state index in [1.54, 1.807) is 30.3 Å². The van der Waals surface area contributed by atoms with E-state index in [-0.39, 0.29) is 6.61 Å². The van der Waals surface area contributed by atoms with Crippen molar-refractivity contribution in [2.75, 3.05) is 7.11 Å². The Balaban J connectivity index is 2.27. The summed E-state index contributed by atoms with van der Waals surface area (Å²) in [4.78, 5) is 59.6. The van der Waals surface area contributed by atoms with Crippen LogP contribution in [0.25, 0.3) is 0 Å². The van der Waals surface area contributed by atoms with Crippen molar-refractivity contribution in [3.63, 3.8) is 0 Å². The van der Waals surface area contributed by atoms with Gasteiger partial charge in [-0.3, -0.25) is 14.4 Å². The fourth-order valence-corrected chi connectivity index (χ4v) is 3.11. The molecule has 0 aromatic heterocycles. The molecule has 1 unspecified atom stereocenters. The van der Waals surface area contributed by atoms with Crippen LogP contribution in [-0.4, -0.2) is 67.7 Å². The lowest BCUT2D eigenvalue weighted by atomic mass is 10.0. The first-order chi connectivity index (χ1) is 15.6. The second-order valence-corrected chi connectivity index (χ2v) is 6.93. The van der Waals surface area contributed by atoms with Crippen LogP contribution >= 0.6 is 0 Å². The van der Waals surface area contributed by atoms with Gasteiger partial charge in [0.2, 0.25) is 12.4 Å². The van der Waals surface area contributed by atoms with Crippen molar-refractivity contribution < 1.29 is 52.4 Å². The SMILES string of the molecule is COC(=O)[C@@H](NC(=O)OCc1ccccc1)[C@H]1OC(OC(C)=O)[C@H](OC(C)=O)[C@@H]1OC(C)=O. The zero-order valence-electron chi connectivity index (χ0n) is 18.5. The normalized spacial score (nSPS) is 22.4. The van der Waals surface area contributed by atoms with Crippen LogP contribution in [0.15, 0.2) is 30.3 Å². The number of carbonyl (C=O) groups is 5. The highest BCUT2D eigenvalue weighted by atomic mass is 16.7. The summed E-state index contributed by atoms with van der Waals surface area (Å²) in [5.41, 5.74) is 0.696.